The molecule has 0 spiro atoms. The molecule has 0 saturated carbocycles. The number of carbonyl (C=O) groups is 2. The van der Waals surface area contributed by atoms with Gasteiger partial charge in [0.1, 0.15) is 0 Å². The predicted molar refractivity (Wildman–Crippen MR) is 307 cm³/mol. The quantitative estimate of drug-likeness (QED) is 0.115. The van der Waals surface area contributed by atoms with E-state index in [2.05, 4.69) is 124 Å². The van der Waals surface area contributed by atoms with Gasteiger partial charge in [0.05, 0.1) is 25.3 Å². The van der Waals surface area contributed by atoms with Crippen LogP contribution in [0, 0.1) is 13.8 Å². The van der Waals surface area contributed by atoms with Gasteiger partial charge in [-0.05, 0) is 180 Å². The van der Waals surface area contributed by atoms with Crippen LogP contribution in [0.25, 0.3) is 21.5 Å². The summed E-state index contributed by atoms with van der Waals surface area (Å²) in [5, 5.41) is 11.5. The highest BCUT2D eigenvalue weighted by Gasteiger charge is 2.37. The number of ether oxygens (including phenoxy) is 2. The molecule has 10 rings (SSSR count). The van der Waals surface area contributed by atoms with Crippen LogP contribution in [-0.2, 0) is 9.47 Å². The number of aryl methyl sites for hydroxylation is 2. The first-order valence-corrected chi connectivity index (χ1v) is 26.9. The summed E-state index contributed by atoms with van der Waals surface area (Å²) >= 11 is 28.5. The largest absolute Gasteiger partial charge is 0.465 e. The molecule has 2 saturated heterocycles. The monoisotopic (exact) mass is 1110 g/mol. The highest BCUT2D eigenvalue weighted by Crippen LogP contribution is 2.46. The molecule has 2 aliphatic rings. The fourth-order valence-corrected chi connectivity index (χ4v) is 11.5. The maximum Gasteiger partial charge on any atom is 0.337 e. The van der Waals surface area contributed by atoms with Gasteiger partial charge in [-0.2, -0.15) is 0 Å². The molecule has 0 radical (unpaired) electrons. The van der Waals surface area contributed by atoms with E-state index in [1.54, 1.807) is 24.3 Å². The summed E-state index contributed by atoms with van der Waals surface area (Å²) < 4.78 is 9.45. The number of methoxy groups -OCH3 is 2. The number of nitrogens with one attached hydrogen (secondary N) is 1. The second-order valence-corrected chi connectivity index (χ2v) is 22.3. The number of rotatable bonds is 9. The van der Waals surface area contributed by atoms with E-state index in [-0.39, 0.29) is 24.0 Å². The van der Waals surface area contributed by atoms with Crippen LogP contribution in [-0.4, -0.2) is 44.1 Å². The van der Waals surface area contributed by atoms with Crippen LogP contribution in [0.4, 0.5) is 0 Å². The summed E-state index contributed by atoms with van der Waals surface area (Å²) in [6.45, 7) is 10.4. The molecule has 2 aliphatic heterocycles. The van der Waals surface area contributed by atoms with Crippen LogP contribution in [0.5, 0.6) is 0 Å². The molecule has 0 amide bonds. The average Bonchev–Trinajstić information content (AvgIpc) is 4.07. The minimum Gasteiger partial charge on any atom is -0.465 e. The van der Waals surface area contributed by atoms with E-state index >= 15 is 0 Å². The standard InChI is InChI=1S/C31H29Cl2NO2.C21H19Cl2N.C10H11BrO2/c1-19-4-5-24-13-25(11-10-23(24)12-19)30-16-27(26-14-28(32)17-29(33)15-26)18-34(30)20(2)21-6-8-22(9-7-21)31(35)36-3;1-13-2-3-15-7-16(5-4-14(15)6-13)21-10-18(12-24-21)17-8-19(22)11-20(23)9-17;1-7(11)8-3-5-9(6-4-8)10(12)13-2/h4-15,17,20,27,30H,16,18H2,1-3H3;2-9,11,18,21,24H,10,12H2,1H3;3-7H,1-2H3/t20?,27-,30+;18-,21+;/m00./s1. The third-order valence-corrected chi connectivity index (χ3v) is 15.5. The fraction of sp³-hybridized carbons (Fsp3) is 0.258. The van der Waals surface area contributed by atoms with Crippen molar-refractivity contribution in [3.63, 3.8) is 0 Å². The number of benzene rings is 8. The Bertz CT molecular complexity index is 3200. The van der Waals surface area contributed by atoms with E-state index in [1.807, 2.05) is 67.6 Å². The Labute approximate surface area is 458 Å². The van der Waals surface area contributed by atoms with Crippen LogP contribution in [0.1, 0.15) is 127 Å². The van der Waals surface area contributed by atoms with Gasteiger partial charge in [-0.1, -0.05) is 158 Å². The van der Waals surface area contributed by atoms with Crippen LogP contribution >= 0.6 is 62.3 Å². The molecule has 11 heteroatoms. The molecule has 2 heterocycles. The zero-order chi connectivity index (χ0) is 51.9. The van der Waals surface area contributed by atoms with Crippen LogP contribution in [0.3, 0.4) is 0 Å². The Morgan fingerprint density at radius 3 is 1.47 bits per heavy atom. The molecule has 376 valence electrons. The minimum atomic E-state index is -0.322. The summed E-state index contributed by atoms with van der Waals surface area (Å²) in [6, 6.07) is 54.4. The van der Waals surface area contributed by atoms with Crippen molar-refractivity contribution in [1.29, 1.82) is 0 Å². The smallest absolute Gasteiger partial charge is 0.337 e. The van der Waals surface area contributed by atoms with E-state index < -0.39 is 0 Å². The highest BCUT2D eigenvalue weighted by atomic mass is 79.9. The van der Waals surface area contributed by atoms with Gasteiger partial charge in [-0.15, -0.1) is 0 Å². The average molecular weight is 1120 g/mol. The number of fused-ring (bicyclic) bond motifs is 2. The van der Waals surface area contributed by atoms with E-state index in [0.29, 0.717) is 53.9 Å². The van der Waals surface area contributed by atoms with Crippen molar-refractivity contribution in [3.05, 3.63) is 233 Å². The lowest BCUT2D eigenvalue weighted by Gasteiger charge is -2.31. The topological polar surface area (TPSA) is 67.9 Å². The highest BCUT2D eigenvalue weighted by molar-refractivity contribution is 9.09. The van der Waals surface area contributed by atoms with Gasteiger partial charge in [-0.3, -0.25) is 4.90 Å². The molecule has 6 nitrogen and oxygen atoms in total. The molecule has 0 aromatic heterocycles. The summed E-state index contributed by atoms with van der Waals surface area (Å²) in [7, 11) is 2.78. The van der Waals surface area contributed by atoms with Gasteiger partial charge in [-0.25, -0.2) is 9.59 Å². The number of likely N-dealkylation sites (tertiary alicyclic amines) is 1. The lowest BCUT2D eigenvalue weighted by Crippen LogP contribution is -2.27. The van der Waals surface area contributed by atoms with Crippen molar-refractivity contribution in [1.82, 2.24) is 10.2 Å². The van der Waals surface area contributed by atoms with Gasteiger partial charge in [0.15, 0.2) is 0 Å². The first-order valence-electron chi connectivity index (χ1n) is 24.5. The normalized spacial score (nSPS) is 18.3. The van der Waals surface area contributed by atoms with Crippen molar-refractivity contribution < 1.29 is 19.1 Å². The Kier molecular flexibility index (Phi) is 18.1. The molecule has 73 heavy (non-hydrogen) atoms. The Morgan fingerprint density at radius 2 is 0.973 bits per heavy atom. The van der Waals surface area contributed by atoms with Crippen LogP contribution in [0.2, 0.25) is 20.1 Å². The predicted octanol–water partition coefficient (Wildman–Crippen LogP) is 17.7. The summed E-state index contributed by atoms with van der Waals surface area (Å²) in [6.07, 6.45) is 2.03. The molecule has 1 N–H and O–H groups in total. The van der Waals surface area contributed by atoms with Crippen molar-refractivity contribution >= 4 is 95.8 Å². The third-order valence-electron chi connectivity index (χ3n) is 14.1. The zero-order valence-electron chi connectivity index (χ0n) is 41.8. The van der Waals surface area contributed by atoms with E-state index in [4.69, 9.17) is 51.1 Å². The Balaban J connectivity index is 0.000000164. The van der Waals surface area contributed by atoms with Crippen LogP contribution < -0.4 is 5.32 Å². The molecule has 2 unspecified atom stereocenters. The number of alkyl halides is 1. The van der Waals surface area contributed by atoms with Gasteiger partial charge >= 0.3 is 11.9 Å². The van der Waals surface area contributed by atoms with Crippen molar-refractivity contribution in [2.75, 3.05) is 27.3 Å². The van der Waals surface area contributed by atoms with Crippen molar-refractivity contribution in [2.24, 2.45) is 0 Å². The first kappa shape index (κ1) is 54.1. The van der Waals surface area contributed by atoms with E-state index in [1.165, 1.54) is 69.1 Å². The molecular formula is C62H59BrCl4N2O4. The number of esters is 2. The lowest BCUT2D eigenvalue weighted by molar-refractivity contribution is 0.0592. The Hall–Kier alpha value is -5.22. The number of hydrogen-bond acceptors (Lipinski definition) is 6. The Morgan fingerprint density at radius 1 is 0.534 bits per heavy atom. The number of carbonyl (C=O) groups excluding carboxylic acids is 2. The molecule has 2 fully saturated rings. The van der Waals surface area contributed by atoms with Gasteiger partial charge < -0.3 is 14.8 Å². The van der Waals surface area contributed by atoms with Gasteiger partial charge in [0.25, 0.3) is 0 Å². The molecule has 8 aromatic carbocycles. The summed E-state index contributed by atoms with van der Waals surface area (Å²) in [5.74, 6) is 0.128. The molecule has 6 atom stereocenters. The van der Waals surface area contributed by atoms with E-state index in [0.717, 1.165) is 37.1 Å². The molecule has 8 aromatic rings. The van der Waals surface area contributed by atoms with Gasteiger partial charge in [0, 0.05) is 56.1 Å². The molecule has 0 bridgehead atoms. The van der Waals surface area contributed by atoms with E-state index in [9.17, 15) is 9.59 Å². The molecular weight excluding hydrogens is 1060 g/mol. The number of halogens is 5. The number of hydrogen-bond donors (Lipinski definition) is 1. The zero-order valence-corrected chi connectivity index (χ0v) is 46.4. The van der Waals surface area contributed by atoms with Crippen LogP contribution in [0.15, 0.2) is 158 Å². The minimum absolute atomic E-state index is 0.148. The van der Waals surface area contributed by atoms with Gasteiger partial charge in [0.2, 0.25) is 0 Å². The fourth-order valence-electron chi connectivity index (χ4n) is 10.1. The number of nitrogens with zero attached hydrogens (tertiary/aromatic N) is 1. The summed E-state index contributed by atoms with van der Waals surface area (Å²) in [4.78, 5) is 25.8. The molecule has 0 aliphatic carbocycles. The van der Waals surface area contributed by atoms with Crippen molar-refractivity contribution in [3.8, 4) is 0 Å². The van der Waals surface area contributed by atoms with Crippen molar-refractivity contribution in [2.45, 2.75) is 75.3 Å². The second kappa shape index (κ2) is 24.4. The maximum absolute atomic E-state index is 11.9. The second-order valence-electron chi connectivity index (χ2n) is 19.2. The maximum atomic E-state index is 11.9. The third kappa shape index (κ3) is 13.6. The first-order chi connectivity index (χ1) is 35.0. The lowest BCUT2D eigenvalue weighted by atomic mass is 9.92. The summed E-state index contributed by atoms with van der Waals surface area (Å²) in [5.41, 5.74) is 11.1. The SMILES string of the molecule is COC(=O)c1ccc(C(C)Br)cc1.COC(=O)c1ccc(C(C)N2C[C@@H](c3cc(Cl)cc(Cl)c3)C[C@@H]2c2ccc3cc(C)ccc3c2)cc1.Cc1ccc2cc([C@H]3C[C@H](c4cc(Cl)cc(Cl)c4)CN3)ccc2c1.